The fourth-order valence-electron chi connectivity index (χ4n) is 1.94. The normalized spacial score (nSPS) is 14.3. The van der Waals surface area contributed by atoms with Crippen LogP contribution in [0.1, 0.15) is 31.5 Å². The molecule has 2 N–H and O–H groups in total. The zero-order valence-electron chi connectivity index (χ0n) is 11.9. The zero-order valence-corrected chi connectivity index (χ0v) is 11.9. The highest BCUT2D eigenvalue weighted by Gasteiger charge is 2.16. The molecule has 0 bridgehead atoms. The molecule has 1 aromatic heterocycles. The summed E-state index contributed by atoms with van der Waals surface area (Å²) in [6, 6.07) is 0.343. The quantitative estimate of drug-likeness (QED) is 0.732. The average molecular weight is 251 g/mol. The van der Waals surface area contributed by atoms with Crippen molar-refractivity contribution in [1.29, 1.82) is 0 Å². The van der Waals surface area contributed by atoms with Gasteiger partial charge in [-0.25, -0.2) is 4.68 Å². The molecular formula is C14H25N3O. The molecule has 0 fully saturated rings. The number of hydrogen-bond acceptors (Lipinski definition) is 3. The minimum Gasteiger partial charge on any atom is -0.394 e. The van der Waals surface area contributed by atoms with E-state index >= 15 is 0 Å². The van der Waals surface area contributed by atoms with Crippen molar-refractivity contribution in [1.82, 2.24) is 9.78 Å². The number of rotatable bonds is 7. The summed E-state index contributed by atoms with van der Waals surface area (Å²) in [6.45, 7) is 12.8. The van der Waals surface area contributed by atoms with Crippen LogP contribution in [0.3, 0.4) is 0 Å². The van der Waals surface area contributed by atoms with E-state index in [4.69, 9.17) is 5.11 Å². The van der Waals surface area contributed by atoms with E-state index in [0.29, 0.717) is 18.5 Å². The lowest BCUT2D eigenvalue weighted by atomic mass is 10.00. The number of allylic oxidation sites excluding steroid dienone is 1. The van der Waals surface area contributed by atoms with Crippen LogP contribution in [0.25, 0.3) is 0 Å². The molecule has 0 aliphatic carbocycles. The van der Waals surface area contributed by atoms with Crippen LogP contribution in [0.15, 0.2) is 12.7 Å². The predicted molar refractivity (Wildman–Crippen MR) is 75.8 cm³/mol. The Balaban J connectivity index is 2.85. The Labute approximate surface area is 110 Å². The van der Waals surface area contributed by atoms with E-state index in [9.17, 15) is 0 Å². The van der Waals surface area contributed by atoms with Crippen LogP contribution < -0.4 is 5.32 Å². The Bertz CT molecular complexity index is 398. The molecule has 0 radical (unpaired) electrons. The molecule has 0 saturated heterocycles. The van der Waals surface area contributed by atoms with E-state index in [1.54, 1.807) is 0 Å². The number of nitrogens with one attached hydrogen (secondary N) is 1. The molecule has 2 unspecified atom stereocenters. The highest BCUT2D eigenvalue weighted by molar-refractivity contribution is 5.47. The van der Waals surface area contributed by atoms with Gasteiger partial charge in [0.05, 0.1) is 18.8 Å². The van der Waals surface area contributed by atoms with Gasteiger partial charge in [-0.2, -0.15) is 5.10 Å². The van der Waals surface area contributed by atoms with Crippen LogP contribution >= 0.6 is 0 Å². The van der Waals surface area contributed by atoms with Crippen molar-refractivity contribution < 1.29 is 5.11 Å². The smallest absolute Gasteiger partial charge is 0.127 e. The van der Waals surface area contributed by atoms with Crippen LogP contribution in [-0.4, -0.2) is 27.5 Å². The molecule has 1 heterocycles. The van der Waals surface area contributed by atoms with E-state index in [1.165, 1.54) is 0 Å². The lowest BCUT2D eigenvalue weighted by molar-refractivity contribution is 0.270. The minimum absolute atomic E-state index is 0.103. The van der Waals surface area contributed by atoms with Crippen molar-refractivity contribution in [3.63, 3.8) is 0 Å². The van der Waals surface area contributed by atoms with Crippen LogP contribution in [0.4, 0.5) is 5.82 Å². The summed E-state index contributed by atoms with van der Waals surface area (Å²) in [7, 11) is 0. The van der Waals surface area contributed by atoms with Crippen LogP contribution in [0, 0.1) is 19.8 Å². The van der Waals surface area contributed by atoms with Crippen molar-refractivity contribution in [3.05, 3.63) is 23.9 Å². The van der Waals surface area contributed by atoms with Crippen molar-refractivity contribution in [2.45, 2.75) is 46.7 Å². The molecule has 1 rings (SSSR count). The molecule has 1 aromatic rings. The molecule has 2 atom stereocenters. The molecule has 0 saturated carbocycles. The number of aryl methyl sites for hydroxylation is 1. The molecular weight excluding hydrogens is 226 g/mol. The van der Waals surface area contributed by atoms with Crippen molar-refractivity contribution >= 4 is 5.82 Å². The first-order valence-corrected chi connectivity index (χ1v) is 6.53. The summed E-state index contributed by atoms with van der Waals surface area (Å²) < 4.78 is 1.85. The van der Waals surface area contributed by atoms with E-state index in [0.717, 1.165) is 23.5 Å². The van der Waals surface area contributed by atoms with Gasteiger partial charge in [0.25, 0.3) is 0 Å². The van der Waals surface area contributed by atoms with Crippen molar-refractivity contribution in [2.75, 3.05) is 11.9 Å². The van der Waals surface area contributed by atoms with Gasteiger partial charge in [0.2, 0.25) is 0 Å². The lowest BCUT2D eigenvalue weighted by Crippen LogP contribution is -2.25. The summed E-state index contributed by atoms with van der Waals surface area (Å²) in [6.07, 6.45) is 2.94. The molecule has 18 heavy (non-hydrogen) atoms. The second-order valence-corrected chi connectivity index (χ2v) is 4.94. The SMILES string of the molecule is C=CCC(C)C(C)Nc1c(C)c(C)nn1CCO. The number of aliphatic hydroxyl groups excluding tert-OH is 1. The fourth-order valence-corrected chi connectivity index (χ4v) is 1.94. The molecule has 0 spiro atoms. The fraction of sp³-hybridized carbons (Fsp3) is 0.643. The summed E-state index contributed by atoms with van der Waals surface area (Å²) in [5, 5.41) is 17.0. The minimum atomic E-state index is 0.103. The van der Waals surface area contributed by atoms with Gasteiger partial charge < -0.3 is 10.4 Å². The van der Waals surface area contributed by atoms with Gasteiger partial charge in [-0.15, -0.1) is 6.58 Å². The van der Waals surface area contributed by atoms with Gasteiger partial charge in [-0.1, -0.05) is 13.0 Å². The maximum Gasteiger partial charge on any atom is 0.127 e. The predicted octanol–water partition coefficient (Wildman–Crippen LogP) is 2.50. The molecule has 0 amide bonds. The zero-order chi connectivity index (χ0) is 13.7. The van der Waals surface area contributed by atoms with Gasteiger partial charge in [0.15, 0.2) is 0 Å². The third-order valence-electron chi connectivity index (χ3n) is 3.49. The number of hydrogen-bond donors (Lipinski definition) is 2. The molecule has 102 valence electrons. The Morgan fingerprint density at radius 1 is 1.44 bits per heavy atom. The highest BCUT2D eigenvalue weighted by atomic mass is 16.3. The lowest BCUT2D eigenvalue weighted by Gasteiger charge is -2.22. The van der Waals surface area contributed by atoms with Crippen LogP contribution in [0.5, 0.6) is 0 Å². The summed E-state index contributed by atoms with van der Waals surface area (Å²) in [5.74, 6) is 1.53. The van der Waals surface area contributed by atoms with E-state index in [-0.39, 0.29) is 6.61 Å². The third-order valence-corrected chi connectivity index (χ3v) is 3.49. The summed E-state index contributed by atoms with van der Waals surface area (Å²) in [5.41, 5.74) is 2.16. The third kappa shape index (κ3) is 3.35. The molecule has 0 aliphatic heterocycles. The van der Waals surface area contributed by atoms with Gasteiger partial charge in [-0.05, 0) is 33.1 Å². The standard InChI is InChI=1S/C14H25N3O/c1-6-7-10(2)12(4)15-14-11(3)13(5)16-17(14)8-9-18/h6,10,12,15,18H,1,7-9H2,2-5H3. The molecule has 4 heteroatoms. The highest BCUT2D eigenvalue weighted by Crippen LogP contribution is 2.21. The largest absolute Gasteiger partial charge is 0.394 e. The van der Waals surface area contributed by atoms with E-state index in [2.05, 4.69) is 37.8 Å². The van der Waals surface area contributed by atoms with Crippen LogP contribution in [0.2, 0.25) is 0 Å². The van der Waals surface area contributed by atoms with Gasteiger partial charge in [0, 0.05) is 11.6 Å². The first-order valence-electron chi connectivity index (χ1n) is 6.53. The Hall–Kier alpha value is -1.29. The average Bonchev–Trinajstić information content (AvgIpc) is 2.58. The topological polar surface area (TPSA) is 50.1 Å². The Kier molecular flexibility index (Phi) is 5.41. The van der Waals surface area contributed by atoms with E-state index in [1.807, 2.05) is 17.7 Å². The first-order chi connectivity index (χ1) is 8.51. The van der Waals surface area contributed by atoms with Crippen LogP contribution in [-0.2, 0) is 6.54 Å². The summed E-state index contributed by atoms with van der Waals surface area (Å²) >= 11 is 0. The van der Waals surface area contributed by atoms with Gasteiger partial charge >= 0.3 is 0 Å². The van der Waals surface area contributed by atoms with Gasteiger partial charge in [-0.3, -0.25) is 0 Å². The second-order valence-electron chi connectivity index (χ2n) is 4.94. The number of aromatic nitrogens is 2. The second kappa shape index (κ2) is 6.59. The maximum absolute atomic E-state index is 9.07. The van der Waals surface area contributed by atoms with E-state index < -0.39 is 0 Å². The maximum atomic E-state index is 9.07. The summed E-state index contributed by atoms with van der Waals surface area (Å²) in [4.78, 5) is 0. The monoisotopic (exact) mass is 251 g/mol. The Morgan fingerprint density at radius 2 is 2.11 bits per heavy atom. The number of anilines is 1. The molecule has 0 aromatic carbocycles. The number of nitrogens with zero attached hydrogens (tertiary/aromatic N) is 2. The first kappa shape index (κ1) is 14.8. The number of aliphatic hydroxyl groups is 1. The van der Waals surface area contributed by atoms with Crippen molar-refractivity contribution in [3.8, 4) is 0 Å². The Morgan fingerprint density at radius 3 is 2.67 bits per heavy atom. The molecule has 4 nitrogen and oxygen atoms in total. The van der Waals surface area contributed by atoms with Crippen molar-refractivity contribution in [2.24, 2.45) is 5.92 Å². The molecule has 0 aliphatic rings. The van der Waals surface area contributed by atoms with Gasteiger partial charge in [0.1, 0.15) is 5.82 Å².